The molecule has 21 heavy (non-hydrogen) atoms. The molecule has 0 unspecified atom stereocenters. The number of ether oxygens (including phenoxy) is 1. The molecule has 0 aliphatic rings. The lowest BCUT2D eigenvalue weighted by Crippen LogP contribution is -2.20. The van der Waals surface area contributed by atoms with Gasteiger partial charge in [0, 0.05) is 10.4 Å². The van der Waals surface area contributed by atoms with Crippen molar-refractivity contribution >= 4 is 28.7 Å². The average molecular weight is 304 g/mol. The number of carbonyl (C=O) groups is 2. The number of nitrogens with one attached hydrogen (secondary N) is 1. The molecule has 1 aromatic heterocycles. The van der Waals surface area contributed by atoms with Gasteiger partial charge in [0.05, 0.1) is 5.69 Å². The number of aromatic nitrogens is 1. The molecule has 1 heterocycles. The second kappa shape index (κ2) is 6.99. The fraction of sp³-hybridized carbons (Fsp3) is 0.267. The number of rotatable bonds is 6. The maximum absolute atomic E-state index is 11.8. The summed E-state index contributed by atoms with van der Waals surface area (Å²) in [6, 6.07) is 6.58. The molecule has 0 atom stereocenters. The molecule has 0 radical (unpaired) electrons. The van der Waals surface area contributed by atoms with Crippen molar-refractivity contribution < 1.29 is 14.3 Å². The third-order valence-corrected chi connectivity index (χ3v) is 3.79. The lowest BCUT2D eigenvalue weighted by Gasteiger charge is -2.05. The molecular formula is C15H16N2O3S. The van der Waals surface area contributed by atoms with Crippen LogP contribution in [0.5, 0.6) is 5.75 Å². The van der Waals surface area contributed by atoms with Gasteiger partial charge in [-0.1, -0.05) is 6.92 Å². The summed E-state index contributed by atoms with van der Waals surface area (Å²) in [5.41, 5.74) is 1.57. The van der Waals surface area contributed by atoms with Crippen LogP contribution in [0.2, 0.25) is 0 Å². The van der Waals surface area contributed by atoms with E-state index in [-0.39, 0.29) is 12.5 Å². The largest absolute Gasteiger partial charge is 0.484 e. The zero-order valence-electron chi connectivity index (χ0n) is 11.9. The Morgan fingerprint density at radius 3 is 2.67 bits per heavy atom. The molecule has 2 rings (SSSR count). The molecular weight excluding hydrogens is 288 g/mol. The Labute approximate surface area is 127 Å². The number of thiazole rings is 1. The minimum atomic E-state index is -0.258. The first-order valence-corrected chi connectivity index (χ1v) is 7.38. The first kappa shape index (κ1) is 15.2. The normalized spacial score (nSPS) is 10.2. The second-order valence-corrected chi connectivity index (χ2v) is 5.60. The predicted octanol–water partition coefficient (Wildman–Crippen LogP) is 2.84. The zero-order chi connectivity index (χ0) is 15.2. The summed E-state index contributed by atoms with van der Waals surface area (Å²) in [6.07, 6.45) is 1.60. The summed E-state index contributed by atoms with van der Waals surface area (Å²) in [5, 5.41) is 3.31. The number of anilines is 1. The predicted molar refractivity (Wildman–Crippen MR) is 82.2 cm³/mol. The highest BCUT2D eigenvalue weighted by molar-refractivity contribution is 7.15. The Morgan fingerprint density at radius 1 is 1.38 bits per heavy atom. The van der Waals surface area contributed by atoms with E-state index in [1.165, 1.54) is 11.3 Å². The number of benzene rings is 1. The number of carbonyl (C=O) groups excluding carboxylic acids is 2. The van der Waals surface area contributed by atoms with Crippen molar-refractivity contribution in [3.8, 4) is 5.75 Å². The highest BCUT2D eigenvalue weighted by atomic mass is 32.1. The second-order valence-electron chi connectivity index (χ2n) is 4.40. The van der Waals surface area contributed by atoms with Crippen LogP contribution in [0.4, 0.5) is 5.13 Å². The first-order valence-electron chi connectivity index (χ1n) is 6.56. The van der Waals surface area contributed by atoms with E-state index in [4.69, 9.17) is 4.74 Å². The molecule has 0 bridgehead atoms. The lowest BCUT2D eigenvalue weighted by atomic mass is 10.2. The van der Waals surface area contributed by atoms with Gasteiger partial charge in [-0.3, -0.25) is 14.9 Å². The molecule has 6 heteroatoms. The number of amides is 1. The Kier molecular flexibility index (Phi) is 5.05. The van der Waals surface area contributed by atoms with Gasteiger partial charge in [0.15, 0.2) is 11.7 Å². The van der Waals surface area contributed by atoms with Crippen LogP contribution in [0, 0.1) is 6.92 Å². The van der Waals surface area contributed by atoms with Gasteiger partial charge in [-0.15, -0.1) is 11.3 Å². The molecule has 0 fully saturated rings. The Balaban J connectivity index is 1.87. The van der Waals surface area contributed by atoms with Gasteiger partial charge in [-0.2, -0.15) is 0 Å². The number of hydrogen-bond donors (Lipinski definition) is 1. The summed E-state index contributed by atoms with van der Waals surface area (Å²) >= 11 is 1.46. The maximum Gasteiger partial charge on any atom is 0.264 e. The van der Waals surface area contributed by atoms with Gasteiger partial charge in [-0.05, 0) is 37.6 Å². The van der Waals surface area contributed by atoms with E-state index >= 15 is 0 Å². The van der Waals surface area contributed by atoms with Crippen LogP contribution in [0.1, 0.15) is 27.9 Å². The summed E-state index contributed by atoms with van der Waals surface area (Å²) in [5.74, 6) is 0.284. The van der Waals surface area contributed by atoms with Crippen molar-refractivity contribution in [3.05, 3.63) is 40.4 Å². The number of aryl methyl sites for hydroxylation is 2. The third-order valence-electron chi connectivity index (χ3n) is 2.86. The van der Waals surface area contributed by atoms with Crippen LogP contribution in [0.3, 0.4) is 0 Å². The monoisotopic (exact) mass is 304 g/mol. The molecule has 110 valence electrons. The van der Waals surface area contributed by atoms with Crippen LogP contribution >= 0.6 is 11.3 Å². The fourth-order valence-electron chi connectivity index (χ4n) is 1.76. The van der Waals surface area contributed by atoms with Crippen molar-refractivity contribution in [1.82, 2.24) is 4.98 Å². The molecule has 0 spiro atoms. The van der Waals surface area contributed by atoms with E-state index in [9.17, 15) is 9.59 Å². The molecule has 1 N–H and O–H groups in total. The van der Waals surface area contributed by atoms with Crippen LogP contribution in [-0.4, -0.2) is 23.8 Å². The smallest absolute Gasteiger partial charge is 0.264 e. The number of aldehydes is 1. The molecule has 0 saturated heterocycles. The molecule has 5 nitrogen and oxygen atoms in total. The lowest BCUT2D eigenvalue weighted by molar-refractivity contribution is -0.118. The van der Waals surface area contributed by atoms with E-state index in [2.05, 4.69) is 10.3 Å². The minimum absolute atomic E-state index is 0.0967. The summed E-state index contributed by atoms with van der Waals surface area (Å²) in [4.78, 5) is 27.8. The van der Waals surface area contributed by atoms with Gasteiger partial charge in [0.2, 0.25) is 0 Å². The number of nitrogens with zero attached hydrogens (tertiary/aromatic N) is 1. The van der Waals surface area contributed by atoms with Gasteiger partial charge in [-0.25, -0.2) is 4.98 Å². The summed E-state index contributed by atoms with van der Waals surface area (Å²) in [6.45, 7) is 3.91. The van der Waals surface area contributed by atoms with E-state index < -0.39 is 0 Å². The van der Waals surface area contributed by atoms with Crippen molar-refractivity contribution in [1.29, 1.82) is 0 Å². The van der Waals surface area contributed by atoms with Crippen LogP contribution < -0.4 is 10.1 Å². The molecule has 0 saturated carbocycles. The summed E-state index contributed by atoms with van der Waals surface area (Å²) in [7, 11) is 0. The third kappa shape index (κ3) is 4.13. The quantitative estimate of drug-likeness (QED) is 0.833. The zero-order valence-corrected chi connectivity index (χ0v) is 12.7. The highest BCUT2D eigenvalue weighted by Crippen LogP contribution is 2.22. The van der Waals surface area contributed by atoms with Crippen molar-refractivity contribution in [3.63, 3.8) is 0 Å². The van der Waals surface area contributed by atoms with Crippen molar-refractivity contribution in [2.45, 2.75) is 20.3 Å². The van der Waals surface area contributed by atoms with Crippen LogP contribution in [0.15, 0.2) is 24.3 Å². The van der Waals surface area contributed by atoms with Crippen LogP contribution in [0.25, 0.3) is 0 Å². The van der Waals surface area contributed by atoms with Gasteiger partial charge in [0.25, 0.3) is 5.91 Å². The SMILES string of the molecule is CCc1nc(NC(=O)COc2ccc(C=O)cc2)sc1C. The fourth-order valence-corrected chi connectivity index (χ4v) is 2.67. The molecule has 0 aliphatic carbocycles. The van der Waals surface area contributed by atoms with Crippen LogP contribution in [-0.2, 0) is 11.2 Å². The molecule has 1 aromatic carbocycles. The molecule has 0 aliphatic heterocycles. The van der Waals surface area contributed by atoms with E-state index in [1.54, 1.807) is 24.3 Å². The van der Waals surface area contributed by atoms with Gasteiger partial charge in [0.1, 0.15) is 12.0 Å². The van der Waals surface area contributed by atoms with Crippen molar-refractivity contribution in [2.75, 3.05) is 11.9 Å². The van der Waals surface area contributed by atoms with Crippen molar-refractivity contribution in [2.24, 2.45) is 0 Å². The molecule has 2 aromatic rings. The Bertz CT molecular complexity index is 635. The van der Waals surface area contributed by atoms with Gasteiger partial charge >= 0.3 is 0 Å². The standard InChI is InChI=1S/C15H16N2O3S/c1-3-13-10(2)21-15(16-13)17-14(19)9-20-12-6-4-11(8-18)5-7-12/h4-8H,3,9H2,1-2H3,(H,16,17,19). The minimum Gasteiger partial charge on any atom is -0.484 e. The number of hydrogen-bond acceptors (Lipinski definition) is 5. The first-order chi connectivity index (χ1) is 10.1. The molecule has 1 amide bonds. The maximum atomic E-state index is 11.8. The highest BCUT2D eigenvalue weighted by Gasteiger charge is 2.09. The average Bonchev–Trinajstić information content (AvgIpc) is 2.85. The Hall–Kier alpha value is -2.21. The van der Waals surface area contributed by atoms with E-state index in [0.29, 0.717) is 16.4 Å². The van der Waals surface area contributed by atoms with Gasteiger partial charge < -0.3 is 4.74 Å². The summed E-state index contributed by atoms with van der Waals surface area (Å²) < 4.78 is 5.35. The van der Waals surface area contributed by atoms with E-state index in [1.807, 2.05) is 13.8 Å². The Morgan fingerprint density at radius 2 is 2.10 bits per heavy atom. The van der Waals surface area contributed by atoms with E-state index in [0.717, 1.165) is 23.3 Å². The topological polar surface area (TPSA) is 68.3 Å².